The summed E-state index contributed by atoms with van der Waals surface area (Å²) in [5.74, 6) is 0.850. The van der Waals surface area contributed by atoms with Crippen LogP contribution in [0.4, 0.5) is 5.82 Å². The lowest BCUT2D eigenvalue weighted by atomic mass is 10.2. The molecule has 1 unspecified atom stereocenters. The van der Waals surface area contributed by atoms with Crippen molar-refractivity contribution >= 4 is 68.4 Å². The van der Waals surface area contributed by atoms with Gasteiger partial charge in [-0.2, -0.15) is 9.47 Å². The van der Waals surface area contributed by atoms with Gasteiger partial charge < -0.3 is 14.2 Å². The molecular weight excluding hydrogens is 527 g/mol. The van der Waals surface area contributed by atoms with Gasteiger partial charge in [-0.1, -0.05) is 0 Å². The molecule has 0 N–H and O–H groups in total. The Hall–Kier alpha value is -0.600. The van der Waals surface area contributed by atoms with Crippen LogP contribution in [0, 0.1) is 6.92 Å². The summed E-state index contributed by atoms with van der Waals surface area (Å²) in [6.45, 7) is 9.86. The lowest BCUT2D eigenvalue weighted by Crippen LogP contribution is -2.44. The van der Waals surface area contributed by atoms with Gasteiger partial charge in [0.15, 0.2) is 0 Å². The van der Waals surface area contributed by atoms with Gasteiger partial charge in [0.05, 0.1) is 41.7 Å². The van der Waals surface area contributed by atoms with Crippen LogP contribution in [0.15, 0.2) is 12.1 Å². The summed E-state index contributed by atoms with van der Waals surface area (Å²) in [7, 11) is -2.50. The molecule has 1 aliphatic rings. The molecule has 0 amide bonds. The molecule has 0 aliphatic carbocycles. The Morgan fingerprint density at radius 3 is 2.86 bits per heavy atom. The van der Waals surface area contributed by atoms with Gasteiger partial charge in [0, 0.05) is 11.8 Å². The average molecular weight is 549 g/mol. The van der Waals surface area contributed by atoms with E-state index in [1.807, 2.05) is 36.8 Å². The van der Waals surface area contributed by atoms with Crippen LogP contribution < -0.4 is 10.2 Å². The zero-order chi connectivity index (χ0) is 20.1. The van der Waals surface area contributed by atoms with Crippen LogP contribution in [-0.2, 0) is 9.30 Å². The van der Waals surface area contributed by atoms with E-state index in [9.17, 15) is 4.57 Å². The number of halogens is 1. The molecule has 4 rings (SSSR count). The zero-order valence-corrected chi connectivity index (χ0v) is 21.0. The molecular formula is C17H22IN5O2P2S. The number of aryl methyl sites for hydroxylation is 1. The van der Waals surface area contributed by atoms with Crippen LogP contribution in [0.1, 0.15) is 12.6 Å². The van der Waals surface area contributed by atoms with E-state index in [4.69, 9.17) is 14.1 Å². The molecule has 11 heteroatoms. The first kappa shape index (κ1) is 20.7. The highest BCUT2D eigenvalue weighted by atomic mass is 127. The second kappa shape index (κ2) is 7.91. The van der Waals surface area contributed by atoms with Crippen molar-refractivity contribution in [3.8, 4) is 11.4 Å². The van der Waals surface area contributed by atoms with Gasteiger partial charge in [-0.15, -0.1) is 0 Å². The first-order valence-electron chi connectivity index (χ1n) is 8.93. The molecule has 150 valence electrons. The Morgan fingerprint density at radius 2 is 2.18 bits per heavy atom. The summed E-state index contributed by atoms with van der Waals surface area (Å²) in [5, 5.41) is 5.42. The van der Waals surface area contributed by atoms with Crippen molar-refractivity contribution in [1.29, 1.82) is 0 Å². The molecule has 28 heavy (non-hydrogen) atoms. The average Bonchev–Trinajstić information content (AvgIpc) is 3.23. The van der Waals surface area contributed by atoms with Gasteiger partial charge in [0.1, 0.15) is 24.2 Å². The van der Waals surface area contributed by atoms with E-state index >= 15 is 0 Å². The predicted molar refractivity (Wildman–Crippen MR) is 128 cm³/mol. The number of nitrogens with zero attached hydrogens (tertiary/aromatic N) is 5. The van der Waals surface area contributed by atoms with Crippen molar-refractivity contribution in [1.82, 2.24) is 18.9 Å². The van der Waals surface area contributed by atoms with E-state index in [1.165, 1.54) is 11.5 Å². The highest BCUT2D eigenvalue weighted by Crippen LogP contribution is 2.43. The molecule has 1 fully saturated rings. The summed E-state index contributed by atoms with van der Waals surface area (Å²) in [4.78, 5) is 7.24. The lowest BCUT2D eigenvalue weighted by molar-refractivity contribution is 0.0986. The maximum atomic E-state index is 13.1. The second-order valence-corrected chi connectivity index (χ2v) is 13.3. The van der Waals surface area contributed by atoms with E-state index < -0.39 is 7.14 Å². The summed E-state index contributed by atoms with van der Waals surface area (Å²) in [5.41, 5.74) is 3.55. The van der Waals surface area contributed by atoms with Crippen molar-refractivity contribution < 1.29 is 9.30 Å². The minimum absolute atomic E-state index is 0.221. The molecule has 2 atom stereocenters. The summed E-state index contributed by atoms with van der Waals surface area (Å²) < 4.78 is 26.3. The van der Waals surface area contributed by atoms with Crippen LogP contribution in [0.25, 0.3) is 21.6 Å². The summed E-state index contributed by atoms with van der Waals surface area (Å²) >= 11 is 3.70. The first-order valence-corrected chi connectivity index (χ1v) is 16.4. The van der Waals surface area contributed by atoms with Crippen LogP contribution in [0.3, 0.4) is 0 Å². The fourth-order valence-corrected chi connectivity index (χ4v) is 7.51. The zero-order valence-electron chi connectivity index (χ0n) is 16.1. The van der Waals surface area contributed by atoms with Crippen molar-refractivity contribution in [2.75, 3.05) is 38.0 Å². The number of hydrogen-bond acceptors (Lipinski definition) is 7. The van der Waals surface area contributed by atoms with Gasteiger partial charge in [-0.3, -0.25) is 0 Å². The standard InChI is InChI=1S/C17H22IN5O2P2S/c1-10-7-12(23(20-10)26-18)15-16-17(28-21-15)13(27(3,4)24)8-14(19-16)22-5-6-25-9-11(22)2/h7-8,11,26H,5-6,9H2,1-4H3/t11-/m1/s1. The SMILES string of the molecule is Cc1cc(-c2nsc3c(P(C)(C)=O)cc(N4CCOC[C@H]4C)nc23)n(PI)n1. The topological polar surface area (TPSA) is 73.1 Å². The molecule has 0 saturated carbocycles. The number of ether oxygens (including phenoxy) is 1. The van der Waals surface area contributed by atoms with E-state index in [0.29, 0.717) is 19.6 Å². The number of fused-ring (bicyclic) bond motifs is 1. The Balaban J connectivity index is 1.96. The van der Waals surface area contributed by atoms with Crippen molar-refractivity contribution in [3.05, 3.63) is 17.8 Å². The largest absolute Gasteiger partial charge is 0.377 e. The van der Waals surface area contributed by atoms with Crippen molar-refractivity contribution in [2.24, 2.45) is 0 Å². The fourth-order valence-electron chi connectivity index (χ4n) is 3.41. The minimum Gasteiger partial charge on any atom is -0.377 e. The van der Waals surface area contributed by atoms with Crippen LogP contribution in [0.2, 0.25) is 0 Å². The molecule has 0 radical (unpaired) electrons. The Labute approximate surface area is 183 Å². The number of pyridine rings is 1. The Bertz CT molecular complexity index is 1080. The molecule has 1 saturated heterocycles. The molecule has 0 spiro atoms. The maximum Gasteiger partial charge on any atom is 0.130 e. The lowest BCUT2D eigenvalue weighted by Gasteiger charge is -2.34. The predicted octanol–water partition coefficient (Wildman–Crippen LogP) is 4.13. The number of morpholine rings is 1. The highest BCUT2D eigenvalue weighted by molar-refractivity contribution is 14.2. The molecule has 3 aromatic rings. The first-order chi connectivity index (χ1) is 13.3. The van der Waals surface area contributed by atoms with Crippen molar-refractivity contribution in [2.45, 2.75) is 19.9 Å². The number of hydrogen-bond donors (Lipinski definition) is 0. The number of rotatable bonds is 4. The van der Waals surface area contributed by atoms with Gasteiger partial charge in [0.25, 0.3) is 0 Å². The summed E-state index contributed by atoms with van der Waals surface area (Å²) in [6.07, 6.45) is 0.474. The monoisotopic (exact) mass is 549 g/mol. The molecule has 3 aromatic heterocycles. The van der Waals surface area contributed by atoms with E-state index in [2.05, 4.69) is 39.0 Å². The molecule has 4 heterocycles. The van der Waals surface area contributed by atoms with E-state index in [0.717, 1.165) is 45.0 Å². The van der Waals surface area contributed by atoms with Crippen LogP contribution in [0.5, 0.6) is 0 Å². The third-order valence-corrected chi connectivity index (χ3v) is 9.19. The van der Waals surface area contributed by atoms with E-state index in [1.54, 1.807) is 0 Å². The third-order valence-electron chi connectivity index (χ3n) is 4.79. The molecule has 7 nitrogen and oxygen atoms in total. The van der Waals surface area contributed by atoms with Gasteiger partial charge in [-0.05, 0) is 72.9 Å². The van der Waals surface area contributed by atoms with Gasteiger partial charge >= 0.3 is 0 Å². The third kappa shape index (κ3) is 3.76. The van der Waals surface area contributed by atoms with Gasteiger partial charge in [-0.25, -0.2) is 9.44 Å². The molecule has 0 bridgehead atoms. The van der Waals surface area contributed by atoms with Crippen LogP contribution >= 0.6 is 47.1 Å². The quantitative estimate of drug-likeness (QED) is 0.360. The maximum absolute atomic E-state index is 13.1. The summed E-state index contributed by atoms with van der Waals surface area (Å²) in [6, 6.07) is 4.26. The Morgan fingerprint density at radius 1 is 1.39 bits per heavy atom. The second-order valence-electron chi connectivity index (χ2n) is 7.34. The van der Waals surface area contributed by atoms with Crippen molar-refractivity contribution in [3.63, 3.8) is 0 Å². The fraction of sp³-hybridized carbons (Fsp3) is 0.471. The molecule has 1 aliphatic heterocycles. The highest BCUT2D eigenvalue weighted by Gasteiger charge is 2.27. The number of aromatic nitrogens is 4. The Kier molecular flexibility index (Phi) is 5.84. The van der Waals surface area contributed by atoms with E-state index in [-0.39, 0.29) is 6.04 Å². The number of anilines is 1. The van der Waals surface area contributed by atoms with Crippen LogP contribution in [-0.4, -0.2) is 58.0 Å². The van der Waals surface area contributed by atoms with Gasteiger partial charge in [0.2, 0.25) is 0 Å². The molecule has 0 aromatic carbocycles. The minimum atomic E-state index is -2.50. The smallest absolute Gasteiger partial charge is 0.130 e. The normalized spacial score (nSPS) is 18.6.